The van der Waals surface area contributed by atoms with E-state index < -0.39 is 0 Å². The number of benzene rings is 1. The Morgan fingerprint density at radius 3 is 2.79 bits per heavy atom. The van der Waals surface area contributed by atoms with E-state index in [0.29, 0.717) is 16.6 Å². The van der Waals surface area contributed by atoms with Crippen molar-refractivity contribution in [1.29, 1.82) is 0 Å². The predicted molar refractivity (Wildman–Crippen MR) is 74.6 cm³/mol. The second kappa shape index (κ2) is 5.17. The molecular weight excluding hydrogens is 262 g/mol. The smallest absolute Gasteiger partial charge is 0.182 e. The van der Waals surface area contributed by atoms with Gasteiger partial charge in [-0.1, -0.05) is 24.4 Å². The molecule has 0 saturated heterocycles. The van der Waals surface area contributed by atoms with E-state index in [4.69, 9.17) is 17.3 Å². The van der Waals surface area contributed by atoms with Crippen molar-refractivity contribution < 1.29 is 0 Å². The molecule has 1 fully saturated rings. The first-order valence-electron chi connectivity index (χ1n) is 6.55. The second-order valence-electron chi connectivity index (χ2n) is 5.11. The lowest BCUT2D eigenvalue weighted by Crippen LogP contribution is -2.10. The summed E-state index contributed by atoms with van der Waals surface area (Å²) in [6.45, 7) is 0.870. The molecule has 0 spiro atoms. The number of anilines is 1. The van der Waals surface area contributed by atoms with E-state index in [1.165, 1.54) is 25.7 Å². The van der Waals surface area contributed by atoms with Gasteiger partial charge in [0, 0.05) is 22.8 Å². The maximum absolute atomic E-state index is 6.03. The zero-order valence-corrected chi connectivity index (χ0v) is 11.3. The van der Waals surface area contributed by atoms with Crippen LogP contribution < -0.4 is 5.73 Å². The topological polar surface area (TPSA) is 69.6 Å². The monoisotopic (exact) mass is 277 g/mol. The molecule has 5 nitrogen and oxygen atoms in total. The number of hydrogen-bond donors (Lipinski definition) is 1. The van der Waals surface area contributed by atoms with Gasteiger partial charge in [-0.3, -0.25) is 0 Å². The van der Waals surface area contributed by atoms with E-state index in [0.717, 1.165) is 17.9 Å². The van der Waals surface area contributed by atoms with Crippen molar-refractivity contribution in [3.05, 3.63) is 23.2 Å². The fraction of sp³-hybridized carbons (Fsp3) is 0.462. The Hall–Kier alpha value is -1.62. The van der Waals surface area contributed by atoms with Crippen molar-refractivity contribution in [2.45, 2.75) is 32.2 Å². The zero-order chi connectivity index (χ0) is 13.2. The fourth-order valence-corrected chi connectivity index (χ4v) is 2.96. The van der Waals surface area contributed by atoms with Crippen LogP contribution >= 0.6 is 11.6 Å². The number of tetrazole rings is 1. The van der Waals surface area contributed by atoms with Crippen LogP contribution in [0.25, 0.3) is 11.4 Å². The minimum Gasteiger partial charge on any atom is -0.399 e. The highest BCUT2D eigenvalue weighted by Gasteiger charge is 2.19. The maximum atomic E-state index is 6.03. The van der Waals surface area contributed by atoms with Gasteiger partial charge in [0.25, 0.3) is 0 Å². The fourth-order valence-electron chi connectivity index (χ4n) is 2.71. The third-order valence-electron chi connectivity index (χ3n) is 3.62. The van der Waals surface area contributed by atoms with E-state index in [1.54, 1.807) is 6.07 Å². The van der Waals surface area contributed by atoms with Crippen molar-refractivity contribution in [3.8, 4) is 11.4 Å². The molecule has 1 heterocycles. The van der Waals surface area contributed by atoms with Gasteiger partial charge in [0.15, 0.2) is 5.82 Å². The standard InChI is InChI=1S/C13H16ClN5/c14-11-5-10(6-12(15)7-11)13-16-17-18-19(13)8-9-3-1-2-4-9/h5-7,9H,1-4,8,15H2. The molecular formula is C13H16ClN5. The molecule has 2 aromatic rings. The first kappa shape index (κ1) is 12.4. The molecule has 19 heavy (non-hydrogen) atoms. The van der Waals surface area contributed by atoms with Crippen molar-refractivity contribution >= 4 is 17.3 Å². The maximum Gasteiger partial charge on any atom is 0.182 e. The van der Waals surface area contributed by atoms with Crippen LogP contribution in [0.1, 0.15) is 25.7 Å². The van der Waals surface area contributed by atoms with Crippen LogP contribution in [-0.2, 0) is 6.54 Å². The molecule has 0 amide bonds. The average molecular weight is 278 g/mol. The molecule has 1 aliphatic carbocycles. The van der Waals surface area contributed by atoms with E-state index in [1.807, 2.05) is 16.8 Å². The third kappa shape index (κ3) is 2.71. The molecule has 100 valence electrons. The molecule has 2 N–H and O–H groups in total. The Morgan fingerprint density at radius 1 is 1.26 bits per heavy atom. The normalized spacial score (nSPS) is 16.1. The molecule has 1 saturated carbocycles. The molecule has 0 radical (unpaired) electrons. The quantitative estimate of drug-likeness (QED) is 0.876. The number of nitrogens with zero attached hydrogens (tertiary/aromatic N) is 4. The lowest BCUT2D eigenvalue weighted by molar-refractivity contribution is 0.424. The Kier molecular flexibility index (Phi) is 3.38. The van der Waals surface area contributed by atoms with Crippen molar-refractivity contribution in [2.24, 2.45) is 5.92 Å². The van der Waals surface area contributed by atoms with Gasteiger partial charge in [-0.25, -0.2) is 4.68 Å². The highest BCUT2D eigenvalue weighted by Crippen LogP contribution is 2.28. The zero-order valence-electron chi connectivity index (χ0n) is 10.6. The Balaban J connectivity index is 1.90. The van der Waals surface area contributed by atoms with Crippen molar-refractivity contribution in [2.75, 3.05) is 5.73 Å². The number of nitrogen functional groups attached to an aromatic ring is 1. The largest absolute Gasteiger partial charge is 0.399 e. The Labute approximate surface area is 116 Å². The number of aromatic nitrogens is 4. The number of nitrogens with two attached hydrogens (primary N) is 1. The number of rotatable bonds is 3. The van der Waals surface area contributed by atoms with Gasteiger partial charge in [-0.05, 0) is 47.4 Å². The van der Waals surface area contributed by atoms with E-state index >= 15 is 0 Å². The Bertz CT molecular complexity index is 554. The van der Waals surface area contributed by atoms with Gasteiger partial charge in [-0.15, -0.1) is 5.10 Å². The van der Waals surface area contributed by atoms with E-state index in [-0.39, 0.29) is 0 Å². The van der Waals surface area contributed by atoms with Gasteiger partial charge >= 0.3 is 0 Å². The van der Waals surface area contributed by atoms with Gasteiger partial charge in [0.2, 0.25) is 0 Å². The molecule has 0 aliphatic heterocycles. The summed E-state index contributed by atoms with van der Waals surface area (Å²) in [6.07, 6.45) is 5.15. The lowest BCUT2D eigenvalue weighted by atomic mass is 10.1. The summed E-state index contributed by atoms with van der Waals surface area (Å²) < 4.78 is 1.86. The van der Waals surface area contributed by atoms with Crippen LogP contribution in [0.3, 0.4) is 0 Å². The Morgan fingerprint density at radius 2 is 2.05 bits per heavy atom. The minimum absolute atomic E-state index is 0.602. The summed E-state index contributed by atoms with van der Waals surface area (Å²) in [5.74, 6) is 1.42. The molecule has 1 aromatic carbocycles. The molecule has 0 unspecified atom stereocenters. The minimum atomic E-state index is 0.602. The van der Waals surface area contributed by atoms with Gasteiger partial charge in [0.1, 0.15) is 0 Å². The summed E-state index contributed by atoms with van der Waals surface area (Å²) in [5.41, 5.74) is 7.31. The average Bonchev–Trinajstić information content (AvgIpc) is 2.99. The van der Waals surface area contributed by atoms with E-state index in [2.05, 4.69) is 15.5 Å². The van der Waals surface area contributed by atoms with Crippen LogP contribution in [0.5, 0.6) is 0 Å². The SMILES string of the molecule is Nc1cc(Cl)cc(-c2nnnn2CC2CCCC2)c1. The molecule has 1 aromatic heterocycles. The third-order valence-corrected chi connectivity index (χ3v) is 3.83. The summed E-state index contributed by atoms with van der Waals surface area (Å²) >= 11 is 6.03. The van der Waals surface area contributed by atoms with E-state index in [9.17, 15) is 0 Å². The summed E-state index contributed by atoms with van der Waals surface area (Å²) in [6, 6.07) is 5.41. The van der Waals surface area contributed by atoms with Gasteiger partial charge < -0.3 is 5.73 Å². The van der Waals surface area contributed by atoms with Crippen LogP contribution in [0.2, 0.25) is 5.02 Å². The van der Waals surface area contributed by atoms with Gasteiger partial charge in [0.05, 0.1) is 0 Å². The van der Waals surface area contributed by atoms with Crippen molar-refractivity contribution in [3.63, 3.8) is 0 Å². The van der Waals surface area contributed by atoms with Crippen LogP contribution in [-0.4, -0.2) is 20.2 Å². The molecule has 6 heteroatoms. The summed E-state index contributed by atoms with van der Waals surface area (Å²) in [7, 11) is 0. The molecule has 0 bridgehead atoms. The summed E-state index contributed by atoms with van der Waals surface area (Å²) in [4.78, 5) is 0. The first-order valence-corrected chi connectivity index (χ1v) is 6.93. The van der Waals surface area contributed by atoms with Crippen LogP contribution in [0.4, 0.5) is 5.69 Å². The van der Waals surface area contributed by atoms with Crippen LogP contribution in [0, 0.1) is 5.92 Å². The highest BCUT2D eigenvalue weighted by molar-refractivity contribution is 6.31. The van der Waals surface area contributed by atoms with Crippen molar-refractivity contribution in [1.82, 2.24) is 20.2 Å². The summed E-state index contributed by atoms with van der Waals surface area (Å²) in [5, 5.41) is 12.6. The highest BCUT2D eigenvalue weighted by atomic mass is 35.5. The second-order valence-corrected chi connectivity index (χ2v) is 5.54. The van der Waals surface area contributed by atoms with Gasteiger partial charge in [-0.2, -0.15) is 0 Å². The molecule has 3 rings (SSSR count). The first-order chi connectivity index (χ1) is 9.22. The molecule has 0 atom stereocenters. The predicted octanol–water partition coefficient (Wildman–Crippen LogP) is 2.77. The lowest BCUT2D eigenvalue weighted by Gasteiger charge is -2.10. The van der Waals surface area contributed by atoms with Crippen LogP contribution in [0.15, 0.2) is 18.2 Å². The number of halogens is 1. The molecule has 1 aliphatic rings. The number of hydrogen-bond acceptors (Lipinski definition) is 4.